The van der Waals surface area contributed by atoms with E-state index < -0.39 is 12.0 Å². The fraction of sp³-hybridized carbons (Fsp3) is 0.500. The van der Waals surface area contributed by atoms with Gasteiger partial charge in [-0.25, -0.2) is 4.98 Å². The van der Waals surface area contributed by atoms with E-state index in [9.17, 15) is 4.79 Å². The second-order valence-corrected chi connectivity index (χ2v) is 3.20. The van der Waals surface area contributed by atoms with Crippen molar-refractivity contribution in [1.29, 1.82) is 0 Å². The minimum Gasteiger partial charge on any atom is -0.480 e. The number of rotatable bonds is 1. The van der Waals surface area contributed by atoms with E-state index in [1.54, 1.807) is 18.1 Å². The molecule has 1 aromatic rings. The highest BCUT2D eigenvalue weighted by Crippen LogP contribution is 2.21. The number of likely N-dealkylation sites (N-methyl/N-ethyl adjacent to an activating group) is 1. The Morgan fingerprint density at radius 3 is 3.15 bits per heavy atom. The lowest BCUT2D eigenvalue weighted by molar-refractivity contribution is -0.144. The van der Waals surface area contributed by atoms with E-state index in [4.69, 9.17) is 5.11 Å². The van der Waals surface area contributed by atoms with Crippen molar-refractivity contribution in [3.05, 3.63) is 18.2 Å². The molecule has 1 aliphatic rings. The highest BCUT2D eigenvalue weighted by atomic mass is 16.4. The quantitative estimate of drug-likeness (QED) is 0.660. The van der Waals surface area contributed by atoms with E-state index in [2.05, 4.69) is 4.98 Å². The van der Waals surface area contributed by atoms with Crippen LogP contribution in [0.4, 0.5) is 0 Å². The summed E-state index contributed by atoms with van der Waals surface area (Å²) in [5.41, 5.74) is 0. The molecular weight excluding hydrogens is 170 g/mol. The lowest BCUT2D eigenvalue weighted by Gasteiger charge is -2.29. The van der Waals surface area contributed by atoms with Gasteiger partial charge < -0.3 is 9.67 Å². The van der Waals surface area contributed by atoms with Gasteiger partial charge in [-0.2, -0.15) is 0 Å². The molecule has 0 aliphatic carbocycles. The van der Waals surface area contributed by atoms with Crippen molar-refractivity contribution in [1.82, 2.24) is 14.5 Å². The molecule has 0 spiro atoms. The van der Waals surface area contributed by atoms with Crippen molar-refractivity contribution < 1.29 is 9.90 Å². The number of nitrogens with zero attached hydrogens (tertiary/aromatic N) is 3. The molecule has 0 bridgehead atoms. The third-order valence-electron chi connectivity index (χ3n) is 2.36. The molecule has 2 heterocycles. The third kappa shape index (κ3) is 1.21. The third-order valence-corrected chi connectivity index (χ3v) is 2.36. The van der Waals surface area contributed by atoms with Gasteiger partial charge in [-0.1, -0.05) is 0 Å². The fourth-order valence-electron chi connectivity index (χ4n) is 1.65. The first kappa shape index (κ1) is 8.25. The van der Waals surface area contributed by atoms with Crippen molar-refractivity contribution in [3.8, 4) is 0 Å². The normalized spacial score (nSPS) is 22.7. The first-order chi connectivity index (χ1) is 6.20. The number of fused-ring (bicyclic) bond motifs is 1. The maximum Gasteiger partial charge on any atom is 0.328 e. The lowest BCUT2D eigenvalue weighted by Crippen LogP contribution is -2.39. The Labute approximate surface area is 75.6 Å². The van der Waals surface area contributed by atoms with Crippen molar-refractivity contribution >= 4 is 5.97 Å². The maximum absolute atomic E-state index is 10.9. The molecule has 0 saturated heterocycles. The number of aliphatic carboxylic acids is 1. The smallest absolute Gasteiger partial charge is 0.328 e. The topological polar surface area (TPSA) is 58.4 Å². The van der Waals surface area contributed by atoms with Gasteiger partial charge in [-0.05, 0) is 7.05 Å². The van der Waals surface area contributed by atoms with Crippen molar-refractivity contribution in [2.75, 3.05) is 13.6 Å². The molecule has 0 radical (unpaired) electrons. The molecule has 1 N–H and O–H groups in total. The molecular formula is C8H11N3O2. The van der Waals surface area contributed by atoms with Gasteiger partial charge in [0.15, 0.2) is 6.04 Å². The number of hydrogen-bond acceptors (Lipinski definition) is 3. The number of carboxylic acid groups (broad SMARTS) is 1. The summed E-state index contributed by atoms with van der Waals surface area (Å²) in [4.78, 5) is 16.8. The highest BCUT2D eigenvalue weighted by Gasteiger charge is 2.31. The molecule has 1 atom stereocenters. The van der Waals surface area contributed by atoms with Gasteiger partial charge in [-0.3, -0.25) is 9.69 Å². The minimum absolute atomic E-state index is 0.594. The van der Waals surface area contributed by atoms with Crippen LogP contribution in [0.3, 0.4) is 0 Å². The van der Waals surface area contributed by atoms with Crippen LogP contribution in [-0.4, -0.2) is 39.1 Å². The molecule has 1 aliphatic heterocycles. The molecule has 0 fully saturated rings. The Balaban J connectivity index is 2.41. The summed E-state index contributed by atoms with van der Waals surface area (Å²) in [5.74, 6) is -0.212. The number of carbonyl (C=O) groups is 1. The molecule has 1 aromatic heterocycles. The number of hydrogen-bond donors (Lipinski definition) is 1. The Morgan fingerprint density at radius 2 is 2.46 bits per heavy atom. The van der Waals surface area contributed by atoms with Crippen LogP contribution < -0.4 is 0 Å². The van der Waals surface area contributed by atoms with Gasteiger partial charge in [0.25, 0.3) is 0 Å². The van der Waals surface area contributed by atoms with E-state index in [0.717, 1.165) is 13.1 Å². The molecule has 0 saturated carbocycles. The van der Waals surface area contributed by atoms with Crippen LogP contribution in [0.25, 0.3) is 0 Å². The maximum atomic E-state index is 10.9. The molecule has 13 heavy (non-hydrogen) atoms. The number of imidazole rings is 1. The van der Waals surface area contributed by atoms with Crippen LogP contribution in [0.15, 0.2) is 12.4 Å². The zero-order valence-electron chi connectivity index (χ0n) is 7.34. The van der Waals surface area contributed by atoms with Crippen LogP contribution in [-0.2, 0) is 11.3 Å². The SMILES string of the molecule is CN1CCn2ccnc2C1C(=O)O. The molecule has 0 amide bonds. The summed E-state index contributed by atoms with van der Waals surface area (Å²) in [6.45, 7) is 1.57. The largest absolute Gasteiger partial charge is 0.480 e. The summed E-state index contributed by atoms with van der Waals surface area (Å²) in [6, 6.07) is -0.594. The predicted octanol–water partition coefficient (Wildman–Crippen LogP) is -0.0458. The fourth-order valence-corrected chi connectivity index (χ4v) is 1.65. The Morgan fingerprint density at radius 1 is 1.69 bits per heavy atom. The van der Waals surface area contributed by atoms with E-state index in [0.29, 0.717) is 5.82 Å². The zero-order chi connectivity index (χ0) is 9.42. The average Bonchev–Trinajstić information content (AvgIpc) is 2.50. The minimum atomic E-state index is -0.838. The Hall–Kier alpha value is -1.36. The highest BCUT2D eigenvalue weighted by molar-refractivity contribution is 5.74. The Kier molecular flexibility index (Phi) is 1.81. The van der Waals surface area contributed by atoms with Crippen LogP contribution in [0, 0.1) is 0 Å². The first-order valence-corrected chi connectivity index (χ1v) is 4.14. The summed E-state index contributed by atoms with van der Waals surface area (Å²) in [7, 11) is 1.80. The van der Waals surface area contributed by atoms with Crippen LogP contribution >= 0.6 is 0 Å². The van der Waals surface area contributed by atoms with Gasteiger partial charge in [0.2, 0.25) is 0 Å². The molecule has 2 rings (SSSR count). The van der Waals surface area contributed by atoms with Crippen LogP contribution in [0.2, 0.25) is 0 Å². The number of carboxylic acids is 1. The van der Waals surface area contributed by atoms with E-state index in [1.807, 2.05) is 10.8 Å². The van der Waals surface area contributed by atoms with E-state index >= 15 is 0 Å². The molecule has 5 nitrogen and oxygen atoms in total. The first-order valence-electron chi connectivity index (χ1n) is 4.14. The predicted molar refractivity (Wildman–Crippen MR) is 45.2 cm³/mol. The summed E-state index contributed by atoms with van der Waals surface area (Å²) < 4.78 is 1.89. The average molecular weight is 181 g/mol. The summed E-state index contributed by atoms with van der Waals surface area (Å²) >= 11 is 0. The zero-order valence-corrected chi connectivity index (χ0v) is 7.34. The van der Waals surface area contributed by atoms with Gasteiger partial charge in [0.05, 0.1) is 0 Å². The summed E-state index contributed by atoms with van der Waals surface area (Å²) in [5, 5.41) is 8.98. The molecule has 0 aromatic carbocycles. The van der Waals surface area contributed by atoms with E-state index in [1.165, 1.54) is 0 Å². The van der Waals surface area contributed by atoms with E-state index in [-0.39, 0.29) is 0 Å². The molecule has 1 unspecified atom stereocenters. The van der Waals surface area contributed by atoms with Gasteiger partial charge in [0.1, 0.15) is 5.82 Å². The number of aromatic nitrogens is 2. The van der Waals surface area contributed by atoms with Crippen LogP contribution in [0.1, 0.15) is 11.9 Å². The van der Waals surface area contributed by atoms with Gasteiger partial charge >= 0.3 is 5.97 Å². The molecule has 5 heteroatoms. The summed E-state index contributed by atoms with van der Waals surface area (Å²) in [6.07, 6.45) is 3.46. The monoisotopic (exact) mass is 181 g/mol. The van der Waals surface area contributed by atoms with Crippen molar-refractivity contribution in [2.24, 2.45) is 0 Å². The van der Waals surface area contributed by atoms with Crippen molar-refractivity contribution in [2.45, 2.75) is 12.6 Å². The lowest BCUT2D eigenvalue weighted by atomic mass is 10.2. The van der Waals surface area contributed by atoms with Gasteiger partial charge in [0, 0.05) is 25.5 Å². The molecule has 70 valence electrons. The van der Waals surface area contributed by atoms with Crippen molar-refractivity contribution in [3.63, 3.8) is 0 Å². The second kappa shape index (κ2) is 2.85. The Bertz CT molecular complexity index is 334. The standard InChI is InChI=1S/C8H11N3O2/c1-10-4-5-11-3-2-9-7(11)6(10)8(12)13/h2-3,6H,4-5H2,1H3,(H,12,13). The van der Waals surface area contributed by atoms with Gasteiger partial charge in [-0.15, -0.1) is 0 Å². The van der Waals surface area contributed by atoms with Crippen LogP contribution in [0.5, 0.6) is 0 Å². The second-order valence-electron chi connectivity index (χ2n) is 3.20.